The molecule has 14 N–H and O–H groups in total. The van der Waals surface area contributed by atoms with Gasteiger partial charge in [0.15, 0.2) is 17.9 Å². The molecule has 1 fully saturated rings. The number of unbranched alkanes of at least 4 members (excludes halogenated alkanes) is 1. The molecule has 3 aliphatic rings. The van der Waals surface area contributed by atoms with E-state index >= 15 is 0 Å². The van der Waals surface area contributed by atoms with E-state index < -0.39 is 144 Å². The Morgan fingerprint density at radius 3 is 1.97 bits per heavy atom. The number of alkyl carbamates (subject to hydrolysis) is 1. The third-order valence-electron chi connectivity index (χ3n) is 15.1. The number of phenols is 2. The lowest BCUT2D eigenvalue weighted by Gasteiger charge is -2.42. The fourth-order valence-electron chi connectivity index (χ4n) is 10.5. The number of ether oxygens (including phenoxy) is 5. The molecule has 0 aromatic heterocycles. The van der Waals surface area contributed by atoms with Crippen molar-refractivity contribution in [3.05, 3.63) is 147 Å². The topological polar surface area (TPSA) is 396 Å². The monoisotopic (exact) mass is 1260 g/mol. The highest BCUT2D eigenvalue weighted by Crippen LogP contribution is 2.52. The number of amides is 5. The molecule has 0 unspecified atom stereocenters. The number of fused-ring (bicyclic) bond motifs is 3. The summed E-state index contributed by atoms with van der Waals surface area (Å²) in [5.41, 5.74) is 9.76. The van der Waals surface area contributed by atoms with Gasteiger partial charge in [-0.15, -0.1) is 24.8 Å². The molecular weight excluding hydrogens is 1190 g/mol. The number of hydrogen-bond acceptors (Lipinski definition) is 20. The predicted octanol–water partition coefficient (Wildman–Crippen LogP) is 4.19. The number of aromatic hydroxyl groups is 2. The molecule has 1 aliphatic heterocycles. The van der Waals surface area contributed by atoms with Gasteiger partial charge in [0.25, 0.3) is 0 Å². The minimum Gasteiger partial charge on any atom is -0.507 e. The van der Waals surface area contributed by atoms with Crippen molar-refractivity contribution in [3.63, 3.8) is 0 Å². The second-order valence-corrected chi connectivity index (χ2v) is 21.3. The largest absolute Gasteiger partial charge is 0.507 e. The van der Waals surface area contributed by atoms with Crippen LogP contribution in [0.2, 0.25) is 0 Å². The van der Waals surface area contributed by atoms with E-state index in [2.05, 4.69) is 26.6 Å². The smallest absolute Gasteiger partial charge is 0.411 e. The molecule has 1 saturated heterocycles. The second kappa shape index (κ2) is 30.6. The van der Waals surface area contributed by atoms with Crippen LogP contribution in [-0.4, -0.2) is 141 Å². The number of nitrogens with two attached hydrogens (primary N) is 2. The van der Waals surface area contributed by atoms with Gasteiger partial charge in [-0.2, -0.15) is 0 Å². The minimum atomic E-state index is -2.41. The molecule has 472 valence electrons. The standard InChI is InChI=1S/C61H69N7O18.2ClH/c1-31(63)56(76)67-42(24-33-10-5-4-6-11-33)58(78)66-40(13-7-8-23-62)57(77)64-36-19-15-34(16-20-36)29-83-59(79)65-37-21-17-35(18-22-37)30-84-60(80)68-41-25-46(85-32(2)51(41)71)86-44-27-61(81,45(70)28-69)26-39-48(44)55(75)50-49(53(39)73)52(72)38-12-9-14-43(82-3)47(38)54(50)74;;/h4-6,9-12,14-22,31-32,40-42,44,46,51,69,71,73,75,81H,7-8,13,23-30,62-63H2,1-3H3,(H,64,77)(H,65,79)(H,66,78)(H,67,76)(H,68,80);2*1H/t31-,32-,40-,41-,42-,44-,46-,51+,61-;;/m0../s1. The van der Waals surface area contributed by atoms with E-state index in [9.17, 15) is 63.9 Å². The summed E-state index contributed by atoms with van der Waals surface area (Å²) in [7, 11) is 1.29. The van der Waals surface area contributed by atoms with Gasteiger partial charge in [0.2, 0.25) is 23.5 Å². The van der Waals surface area contributed by atoms with Crippen LogP contribution in [0.1, 0.15) is 112 Å². The molecule has 2 aliphatic carbocycles. The van der Waals surface area contributed by atoms with Gasteiger partial charge >= 0.3 is 12.2 Å². The van der Waals surface area contributed by atoms with Gasteiger partial charge in [0, 0.05) is 53.7 Å². The molecule has 8 rings (SSSR count). The average Bonchev–Trinajstić information content (AvgIpc) is 1.71. The van der Waals surface area contributed by atoms with Crippen LogP contribution < -0.4 is 42.8 Å². The first-order chi connectivity index (χ1) is 41.1. The fraction of sp³-hybridized carbons (Fsp3) is 0.377. The summed E-state index contributed by atoms with van der Waals surface area (Å²) in [6.07, 6.45) is -6.96. The second-order valence-electron chi connectivity index (χ2n) is 21.3. The molecule has 0 saturated carbocycles. The van der Waals surface area contributed by atoms with E-state index in [0.717, 1.165) is 5.56 Å². The molecule has 0 spiro atoms. The number of aliphatic hydroxyl groups excluding tert-OH is 2. The first-order valence-electron chi connectivity index (χ1n) is 27.8. The molecule has 27 heteroatoms. The van der Waals surface area contributed by atoms with Crippen LogP contribution in [0.25, 0.3) is 0 Å². The number of Topliss-reactive ketones (excluding diaryl/α,β-unsaturated/α-hetero) is 1. The van der Waals surface area contributed by atoms with Crippen molar-refractivity contribution in [1.82, 2.24) is 16.0 Å². The Kier molecular flexibility index (Phi) is 23.9. The first-order valence-corrected chi connectivity index (χ1v) is 27.8. The Morgan fingerprint density at radius 1 is 0.739 bits per heavy atom. The van der Waals surface area contributed by atoms with Crippen molar-refractivity contribution >= 4 is 83.4 Å². The van der Waals surface area contributed by atoms with E-state index in [4.69, 9.17) is 35.2 Å². The quantitative estimate of drug-likeness (QED) is 0.0316. The van der Waals surface area contributed by atoms with Crippen molar-refractivity contribution in [2.24, 2.45) is 11.5 Å². The number of phenolic OH excluding ortho intramolecular Hbond substituents is 2. The summed E-state index contributed by atoms with van der Waals surface area (Å²) in [6.45, 7) is 1.86. The van der Waals surface area contributed by atoms with Crippen LogP contribution >= 0.6 is 24.8 Å². The van der Waals surface area contributed by atoms with Crippen molar-refractivity contribution in [2.75, 3.05) is 30.9 Å². The molecule has 0 radical (unpaired) electrons. The van der Waals surface area contributed by atoms with Gasteiger partial charge in [-0.3, -0.25) is 34.1 Å². The lowest BCUT2D eigenvalue weighted by molar-refractivity contribution is -0.249. The van der Waals surface area contributed by atoms with Crippen LogP contribution in [0.5, 0.6) is 17.2 Å². The van der Waals surface area contributed by atoms with Gasteiger partial charge in [0.1, 0.15) is 60.9 Å². The summed E-state index contributed by atoms with van der Waals surface area (Å²) in [6, 6.07) is 22.2. The Balaban J connectivity index is 0.00000618. The number of halogens is 2. The highest BCUT2D eigenvalue weighted by molar-refractivity contribution is 6.31. The molecule has 9 atom stereocenters. The minimum absolute atomic E-state index is 0. The maximum Gasteiger partial charge on any atom is 0.411 e. The number of rotatable bonds is 23. The highest BCUT2D eigenvalue weighted by atomic mass is 35.5. The molecule has 5 aromatic rings. The van der Waals surface area contributed by atoms with Crippen molar-refractivity contribution in [2.45, 2.75) is 126 Å². The Labute approximate surface area is 518 Å². The summed E-state index contributed by atoms with van der Waals surface area (Å²) in [5, 5.41) is 69.7. The summed E-state index contributed by atoms with van der Waals surface area (Å²) in [5.74, 6) is -5.88. The number of aliphatic hydroxyl groups is 3. The number of anilines is 2. The van der Waals surface area contributed by atoms with Crippen LogP contribution in [-0.2, 0) is 64.2 Å². The number of carbonyl (C=O) groups is 8. The molecular formula is C61H71Cl2N7O18. The van der Waals surface area contributed by atoms with E-state index in [1.807, 2.05) is 30.3 Å². The fourth-order valence-corrected chi connectivity index (χ4v) is 10.5. The average molecular weight is 1260 g/mol. The normalized spacial score (nSPS) is 20.1. The number of ketones is 3. The number of methoxy groups -OCH3 is 1. The first kappa shape index (κ1) is 68.9. The van der Waals surface area contributed by atoms with Gasteiger partial charge < -0.3 is 82.0 Å². The third-order valence-corrected chi connectivity index (χ3v) is 15.1. The van der Waals surface area contributed by atoms with Crippen LogP contribution in [0.4, 0.5) is 21.0 Å². The van der Waals surface area contributed by atoms with Gasteiger partial charge in [-0.1, -0.05) is 66.7 Å². The zero-order valence-corrected chi connectivity index (χ0v) is 49.8. The lowest BCUT2D eigenvalue weighted by Crippen LogP contribution is -2.56. The highest BCUT2D eigenvalue weighted by Gasteiger charge is 2.50. The zero-order valence-electron chi connectivity index (χ0n) is 48.1. The van der Waals surface area contributed by atoms with Crippen LogP contribution in [0, 0.1) is 0 Å². The van der Waals surface area contributed by atoms with Crippen molar-refractivity contribution in [1.29, 1.82) is 0 Å². The Bertz CT molecular complexity index is 3360. The maximum atomic E-state index is 14.1. The number of carbonyl (C=O) groups excluding carboxylic acids is 8. The number of benzene rings is 5. The van der Waals surface area contributed by atoms with E-state index in [0.29, 0.717) is 41.9 Å². The molecule has 25 nitrogen and oxygen atoms in total. The number of nitrogens with one attached hydrogen (secondary N) is 5. The Hall–Kier alpha value is -8.24. The molecule has 5 aromatic carbocycles. The van der Waals surface area contributed by atoms with Crippen molar-refractivity contribution in [3.8, 4) is 17.2 Å². The third kappa shape index (κ3) is 16.1. The van der Waals surface area contributed by atoms with E-state index in [1.54, 1.807) is 48.5 Å². The van der Waals surface area contributed by atoms with Crippen molar-refractivity contribution < 1.29 is 87.6 Å². The number of hydrogen-bond donors (Lipinski definition) is 12. The summed E-state index contributed by atoms with van der Waals surface area (Å²) in [4.78, 5) is 107. The zero-order chi connectivity index (χ0) is 62.0. The predicted molar refractivity (Wildman–Crippen MR) is 321 cm³/mol. The Morgan fingerprint density at radius 2 is 1.35 bits per heavy atom. The van der Waals surface area contributed by atoms with Crippen LogP contribution in [0.15, 0.2) is 97.1 Å². The molecule has 5 amide bonds. The molecule has 88 heavy (non-hydrogen) atoms. The summed E-state index contributed by atoms with van der Waals surface area (Å²) >= 11 is 0. The lowest BCUT2D eigenvalue weighted by atomic mass is 9.72. The molecule has 1 heterocycles. The van der Waals surface area contributed by atoms with Gasteiger partial charge in [-0.05, 0) is 86.7 Å². The van der Waals surface area contributed by atoms with Gasteiger partial charge in [0.05, 0.1) is 48.1 Å². The van der Waals surface area contributed by atoms with E-state index in [-0.39, 0.29) is 85.3 Å². The molecule has 0 bridgehead atoms. The SMILES string of the molecule is COc1cccc2c1C(=O)c1c(O)c3c(c(O)c1C2=O)C[C@@](O)(C(=O)CO)C[C@@H]3O[C@H]1C[C@H](NC(=O)OCc2ccc(NC(=O)OCc3ccc(NC(=O)[C@H](CCCCN)NC(=O)[C@H](Cc4ccccc4)NC(=O)[C@H](C)N)cc3)cc2)[C@H](O)[C@H](C)O1.Cl.Cl. The maximum absolute atomic E-state index is 14.1. The van der Waals surface area contributed by atoms with E-state index in [1.165, 1.54) is 39.2 Å². The van der Waals surface area contributed by atoms with Crippen LogP contribution in [0.3, 0.4) is 0 Å². The van der Waals surface area contributed by atoms with Gasteiger partial charge in [-0.25, -0.2) is 9.59 Å². The summed E-state index contributed by atoms with van der Waals surface area (Å²) < 4.78 is 28.4.